The number of nitrogens with zero attached hydrogens (tertiary/aromatic N) is 1. The first kappa shape index (κ1) is 12.8. The molecule has 0 amide bonds. The predicted octanol–water partition coefficient (Wildman–Crippen LogP) is 3.43. The van der Waals surface area contributed by atoms with Gasteiger partial charge in [0.25, 0.3) is 0 Å². The first-order valence-electron chi connectivity index (χ1n) is 6.50. The lowest BCUT2D eigenvalue weighted by Gasteiger charge is -2.12. The molecule has 0 aliphatic rings. The second kappa shape index (κ2) is 6.36. The van der Waals surface area contributed by atoms with Gasteiger partial charge < -0.3 is 9.72 Å². The maximum Gasteiger partial charge on any atom is 0.137 e. The summed E-state index contributed by atoms with van der Waals surface area (Å²) in [6.07, 6.45) is 5.99. The molecule has 2 aromatic rings. The van der Waals surface area contributed by atoms with Crippen molar-refractivity contribution in [1.82, 2.24) is 9.97 Å². The quantitative estimate of drug-likeness (QED) is 0.845. The minimum atomic E-state index is 0.305. The Kier molecular flexibility index (Phi) is 4.53. The van der Waals surface area contributed by atoms with Crippen molar-refractivity contribution < 1.29 is 4.74 Å². The maximum atomic E-state index is 5.57. The van der Waals surface area contributed by atoms with Crippen LogP contribution in [0.2, 0.25) is 0 Å². The van der Waals surface area contributed by atoms with Gasteiger partial charge in [0.05, 0.1) is 6.10 Å². The molecule has 18 heavy (non-hydrogen) atoms. The number of nitrogens with one attached hydrogen (secondary N) is 1. The van der Waals surface area contributed by atoms with Crippen LogP contribution >= 0.6 is 0 Å². The van der Waals surface area contributed by atoms with Crippen LogP contribution in [0.1, 0.15) is 25.8 Å². The van der Waals surface area contributed by atoms with Gasteiger partial charge in [0, 0.05) is 24.6 Å². The van der Waals surface area contributed by atoms with E-state index in [1.165, 1.54) is 11.1 Å². The first-order chi connectivity index (χ1) is 8.81. The van der Waals surface area contributed by atoms with Crippen LogP contribution in [-0.4, -0.2) is 22.7 Å². The van der Waals surface area contributed by atoms with Gasteiger partial charge in [0.15, 0.2) is 0 Å². The van der Waals surface area contributed by atoms with Crippen LogP contribution in [0.15, 0.2) is 36.7 Å². The molecule has 0 aliphatic carbocycles. The smallest absolute Gasteiger partial charge is 0.137 e. The molecule has 1 atom stereocenters. The number of aryl methyl sites for hydroxylation is 1. The van der Waals surface area contributed by atoms with Gasteiger partial charge in [-0.1, -0.05) is 24.3 Å². The Labute approximate surface area is 108 Å². The van der Waals surface area contributed by atoms with Crippen molar-refractivity contribution in [3.63, 3.8) is 0 Å². The van der Waals surface area contributed by atoms with Crippen molar-refractivity contribution in [1.29, 1.82) is 0 Å². The second-order valence-electron chi connectivity index (χ2n) is 4.40. The largest absolute Gasteiger partial charge is 0.379 e. The zero-order valence-corrected chi connectivity index (χ0v) is 11.0. The predicted molar refractivity (Wildman–Crippen MR) is 73.4 cm³/mol. The van der Waals surface area contributed by atoms with Crippen molar-refractivity contribution in [2.24, 2.45) is 0 Å². The van der Waals surface area contributed by atoms with Crippen LogP contribution in [0.4, 0.5) is 0 Å². The normalized spacial score (nSPS) is 12.6. The summed E-state index contributed by atoms with van der Waals surface area (Å²) in [7, 11) is 0. The van der Waals surface area contributed by atoms with Crippen LogP contribution in [0.25, 0.3) is 11.4 Å². The van der Waals surface area contributed by atoms with Crippen LogP contribution in [0, 0.1) is 0 Å². The Bertz CT molecular complexity index is 465. The van der Waals surface area contributed by atoms with Gasteiger partial charge in [-0.2, -0.15) is 0 Å². The van der Waals surface area contributed by atoms with Crippen LogP contribution in [0.3, 0.4) is 0 Å². The Morgan fingerprint density at radius 1 is 1.33 bits per heavy atom. The van der Waals surface area contributed by atoms with Gasteiger partial charge in [-0.05, 0) is 32.3 Å². The molecule has 0 fully saturated rings. The molecule has 1 heterocycles. The summed E-state index contributed by atoms with van der Waals surface area (Å²) in [5.74, 6) is 0.940. The van der Waals surface area contributed by atoms with Crippen LogP contribution in [-0.2, 0) is 11.2 Å². The van der Waals surface area contributed by atoms with Crippen molar-refractivity contribution in [2.75, 3.05) is 6.61 Å². The summed E-state index contributed by atoms with van der Waals surface area (Å²) >= 11 is 0. The number of rotatable bonds is 6. The van der Waals surface area contributed by atoms with E-state index >= 15 is 0 Å². The molecule has 3 nitrogen and oxygen atoms in total. The number of aromatic amines is 1. The topological polar surface area (TPSA) is 37.9 Å². The minimum absolute atomic E-state index is 0.305. The lowest BCUT2D eigenvalue weighted by molar-refractivity contribution is 0.0706. The van der Waals surface area contributed by atoms with Gasteiger partial charge in [0.2, 0.25) is 0 Å². The molecule has 0 saturated carbocycles. The van der Waals surface area contributed by atoms with Crippen LogP contribution in [0.5, 0.6) is 0 Å². The van der Waals surface area contributed by atoms with Crippen molar-refractivity contribution in [2.45, 2.75) is 32.8 Å². The molecule has 0 bridgehead atoms. The highest BCUT2D eigenvalue weighted by Crippen LogP contribution is 2.21. The fraction of sp³-hybridized carbons (Fsp3) is 0.400. The summed E-state index contributed by atoms with van der Waals surface area (Å²) in [6, 6.07) is 8.40. The second-order valence-corrected chi connectivity index (χ2v) is 4.40. The Morgan fingerprint density at radius 3 is 2.89 bits per heavy atom. The van der Waals surface area contributed by atoms with E-state index in [4.69, 9.17) is 4.74 Å². The third kappa shape index (κ3) is 3.20. The third-order valence-corrected chi connectivity index (χ3v) is 3.04. The van der Waals surface area contributed by atoms with Gasteiger partial charge in [-0.15, -0.1) is 0 Å². The monoisotopic (exact) mass is 244 g/mol. The SMILES string of the molecule is CCOC(C)CCc1ccccc1-c1ncc[nH]1. The molecule has 1 N–H and O–H groups in total. The highest BCUT2D eigenvalue weighted by molar-refractivity contribution is 5.59. The molecule has 0 aliphatic heterocycles. The molecule has 1 aromatic carbocycles. The van der Waals surface area contributed by atoms with E-state index < -0.39 is 0 Å². The van der Waals surface area contributed by atoms with E-state index in [0.717, 1.165) is 25.3 Å². The fourth-order valence-corrected chi connectivity index (χ4v) is 2.11. The first-order valence-corrected chi connectivity index (χ1v) is 6.50. The molecule has 1 unspecified atom stereocenters. The lowest BCUT2D eigenvalue weighted by Crippen LogP contribution is -2.09. The van der Waals surface area contributed by atoms with Gasteiger partial charge in [-0.25, -0.2) is 4.98 Å². The number of imidazole rings is 1. The number of benzene rings is 1. The molecule has 96 valence electrons. The molecule has 2 rings (SSSR count). The van der Waals surface area contributed by atoms with Crippen molar-refractivity contribution >= 4 is 0 Å². The highest BCUT2D eigenvalue weighted by Gasteiger charge is 2.08. The lowest BCUT2D eigenvalue weighted by atomic mass is 10.0. The van der Waals surface area contributed by atoms with E-state index in [-0.39, 0.29) is 0 Å². The van der Waals surface area contributed by atoms with Gasteiger partial charge >= 0.3 is 0 Å². The number of hydrogen-bond donors (Lipinski definition) is 1. The Hall–Kier alpha value is -1.61. The molecular weight excluding hydrogens is 224 g/mol. The summed E-state index contributed by atoms with van der Waals surface area (Å²) in [5.41, 5.74) is 2.50. The molecule has 0 spiro atoms. The third-order valence-electron chi connectivity index (χ3n) is 3.04. The number of H-pyrrole nitrogens is 1. The van der Waals surface area contributed by atoms with E-state index in [1.54, 1.807) is 6.20 Å². The average Bonchev–Trinajstić information content (AvgIpc) is 2.91. The van der Waals surface area contributed by atoms with E-state index in [2.05, 4.69) is 35.1 Å². The molecule has 0 saturated heterocycles. The number of ether oxygens (including phenoxy) is 1. The summed E-state index contributed by atoms with van der Waals surface area (Å²) in [4.78, 5) is 7.49. The van der Waals surface area contributed by atoms with E-state index in [0.29, 0.717) is 6.10 Å². The van der Waals surface area contributed by atoms with E-state index in [9.17, 15) is 0 Å². The zero-order valence-electron chi connectivity index (χ0n) is 11.0. The fourth-order valence-electron chi connectivity index (χ4n) is 2.11. The Morgan fingerprint density at radius 2 is 2.17 bits per heavy atom. The zero-order chi connectivity index (χ0) is 12.8. The van der Waals surface area contributed by atoms with Gasteiger partial charge in [0.1, 0.15) is 5.82 Å². The molecule has 0 radical (unpaired) electrons. The number of hydrogen-bond acceptors (Lipinski definition) is 2. The molecule has 1 aromatic heterocycles. The van der Waals surface area contributed by atoms with Crippen molar-refractivity contribution in [3.05, 3.63) is 42.2 Å². The Balaban J connectivity index is 2.09. The van der Waals surface area contributed by atoms with Crippen molar-refractivity contribution in [3.8, 4) is 11.4 Å². The highest BCUT2D eigenvalue weighted by atomic mass is 16.5. The summed E-state index contributed by atoms with van der Waals surface area (Å²) in [5, 5.41) is 0. The standard InChI is InChI=1S/C15H20N2O/c1-3-18-12(2)8-9-13-6-4-5-7-14(13)15-16-10-11-17-15/h4-7,10-12H,3,8-9H2,1-2H3,(H,16,17). The minimum Gasteiger partial charge on any atom is -0.379 e. The van der Waals surface area contributed by atoms with E-state index in [1.807, 2.05) is 19.2 Å². The summed E-state index contributed by atoms with van der Waals surface area (Å²) < 4.78 is 5.57. The van der Waals surface area contributed by atoms with Crippen LogP contribution < -0.4 is 0 Å². The summed E-state index contributed by atoms with van der Waals surface area (Å²) in [6.45, 7) is 4.94. The molecule has 3 heteroatoms. The number of aromatic nitrogens is 2. The molecular formula is C15H20N2O. The van der Waals surface area contributed by atoms with Gasteiger partial charge in [-0.3, -0.25) is 0 Å². The maximum absolute atomic E-state index is 5.57. The average molecular weight is 244 g/mol.